The van der Waals surface area contributed by atoms with Gasteiger partial charge in [-0.1, -0.05) is 33.8 Å². The monoisotopic (exact) mass is 359 g/mol. The summed E-state index contributed by atoms with van der Waals surface area (Å²) in [5, 5.41) is 5.25. The smallest absolute Gasteiger partial charge is 0.313 e. The van der Waals surface area contributed by atoms with Crippen LogP contribution in [0.15, 0.2) is 18.2 Å². The summed E-state index contributed by atoms with van der Waals surface area (Å²) in [4.78, 5) is 38.2. The van der Waals surface area contributed by atoms with E-state index in [1.165, 1.54) is 0 Å². The highest BCUT2D eigenvalue weighted by Gasteiger charge is 2.25. The van der Waals surface area contributed by atoms with E-state index in [0.29, 0.717) is 24.7 Å². The summed E-state index contributed by atoms with van der Waals surface area (Å²) in [5.41, 5.74) is 2.44. The number of rotatable bonds is 5. The van der Waals surface area contributed by atoms with Gasteiger partial charge in [-0.15, -0.1) is 0 Å². The van der Waals surface area contributed by atoms with E-state index in [0.717, 1.165) is 30.5 Å². The molecule has 0 saturated carbocycles. The largest absolute Gasteiger partial charge is 0.348 e. The quantitative estimate of drug-likeness (QED) is 0.794. The topological polar surface area (TPSA) is 78.5 Å². The van der Waals surface area contributed by atoms with E-state index in [1.54, 1.807) is 17.0 Å². The van der Waals surface area contributed by atoms with Crippen molar-refractivity contribution in [1.82, 2.24) is 5.32 Å². The average molecular weight is 359 g/mol. The number of carbonyl (C=O) groups is 3. The first-order chi connectivity index (χ1) is 12.3. The summed E-state index contributed by atoms with van der Waals surface area (Å²) in [5.74, 6) is -0.889. The molecule has 1 aromatic carbocycles. The third-order valence-corrected chi connectivity index (χ3v) is 4.44. The first kappa shape index (κ1) is 19.9. The third-order valence-electron chi connectivity index (χ3n) is 4.44. The van der Waals surface area contributed by atoms with Crippen molar-refractivity contribution in [2.24, 2.45) is 11.8 Å². The molecular formula is C20H29N3O3. The zero-order valence-corrected chi connectivity index (χ0v) is 16.1. The molecule has 1 aliphatic rings. The summed E-state index contributed by atoms with van der Waals surface area (Å²) >= 11 is 0. The molecule has 1 aromatic rings. The maximum absolute atomic E-state index is 12.5. The van der Waals surface area contributed by atoms with Crippen molar-refractivity contribution in [2.45, 2.75) is 47.0 Å². The Hall–Kier alpha value is -2.37. The van der Waals surface area contributed by atoms with Crippen LogP contribution in [0, 0.1) is 11.8 Å². The molecule has 1 heterocycles. The molecular weight excluding hydrogens is 330 g/mol. The maximum Gasteiger partial charge on any atom is 0.313 e. The summed E-state index contributed by atoms with van der Waals surface area (Å²) < 4.78 is 0. The predicted octanol–water partition coefficient (Wildman–Crippen LogP) is 2.72. The standard InChI is InChI=1S/C20H29N3O3/c1-13(2)9-10-21-18(24)19(25)22-16-8-7-15-6-5-11-23(17(15)12-16)20(26)14(3)4/h7-8,12-14H,5-6,9-11H2,1-4H3,(H,21,24)(H,22,25). The minimum Gasteiger partial charge on any atom is -0.348 e. The predicted molar refractivity (Wildman–Crippen MR) is 103 cm³/mol. The van der Waals surface area contributed by atoms with Crippen molar-refractivity contribution in [3.8, 4) is 0 Å². The van der Waals surface area contributed by atoms with Crippen LogP contribution in [0.5, 0.6) is 0 Å². The highest BCUT2D eigenvalue weighted by molar-refractivity contribution is 6.39. The van der Waals surface area contributed by atoms with Gasteiger partial charge in [-0.05, 0) is 42.9 Å². The van der Waals surface area contributed by atoms with E-state index in [2.05, 4.69) is 24.5 Å². The van der Waals surface area contributed by atoms with Crippen molar-refractivity contribution >= 4 is 29.1 Å². The lowest BCUT2D eigenvalue weighted by Gasteiger charge is -2.31. The molecule has 0 aromatic heterocycles. The molecule has 142 valence electrons. The van der Waals surface area contributed by atoms with Gasteiger partial charge in [0.2, 0.25) is 5.91 Å². The van der Waals surface area contributed by atoms with E-state index in [4.69, 9.17) is 0 Å². The van der Waals surface area contributed by atoms with Gasteiger partial charge in [-0.2, -0.15) is 0 Å². The summed E-state index contributed by atoms with van der Waals surface area (Å²) in [6.07, 6.45) is 2.65. The Bertz CT molecular complexity index is 683. The number of nitrogens with zero attached hydrogens (tertiary/aromatic N) is 1. The van der Waals surface area contributed by atoms with E-state index < -0.39 is 11.8 Å². The number of nitrogens with one attached hydrogen (secondary N) is 2. The van der Waals surface area contributed by atoms with Crippen LogP contribution < -0.4 is 15.5 Å². The molecule has 0 saturated heterocycles. The fourth-order valence-corrected chi connectivity index (χ4v) is 2.94. The van der Waals surface area contributed by atoms with Crippen LogP contribution in [-0.2, 0) is 20.8 Å². The number of hydrogen-bond donors (Lipinski definition) is 2. The molecule has 0 bridgehead atoms. The van der Waals surface area contributed by atoms with Crippen LogP contribution in [0.1, 0.15) is 46.1 Å². The van der Waals surface area contributed by atoms with Crippen LogP contribution in [0.2, 0.25) is 0 Å². The van der Waals surface area contributed by atoms with Crippen molar-refractivity contribution in [1.29, 1.82) is 0 Å². The van der Waals surface area contributed by atoms with Crippen molar-refractivity contribution < 1.29 is 14.4 Å². The Balaban J connectivity index is 2.07. The fourth-order valence-electron chi connectivity index (χ4n) is 2.94. The minimum atomic E-state index is -0.689. The number of anilines is 2. The average Bonchev–Trinajstić information content (AvgIpc) is 2.59. The lowest BCUT2D eigenvalue weighted by Crippen LogP contribution is -2.38. The second kappa shape index (κ2) is 8.83. The molecule has 0 atom stereocenters. The van der Waals surface area contributed by atoms with Crippen LogP contribution in [0.25, 0.3) is 0 Å². The zero-order valence-electron chi connectivity index (χ0n) is 16.1. The molecule has 0 spiro atoms. The number of amides is 3. The Kier molecular flexibility index (Phi) is 6.77. The Morgan fingerprint density at radius 3 is 2.50 bits per heavy atom. The van der Waals surface area contributed by atoms with E-state index in [9.17, 15) is 14.4 Å². The maximum atomic E-state index is 12.5. The number of fused-ring (bicyclic) bond motifs is 1. The zero-order chi connectivity index (χ0) is 19.3. The van der Waals surface area contributed by atoms with E-state index in [-0.39, 0.29) is 11.8 Å². The summed E-state index contributed by atoms with van der Waals surface area (Å²) in [6.45, 7) is 9.03. The molecule has 0 aliphatic carbocycles. The van der Waals surface area contributed by atoms with Gasteiger partial charge in [0.25, 0.3) is 0 Å². The normalized spacial score (nSPS) is 13.5. The third kappa shape index (κ3) is 5.07. The van der Waals surface area contributed by atoms with Gasteiger partial charge in [0.05, 0.1) is 0 Å². The second-order valence-electron chi connectivity index (χ2n) is 7.48. The van der Waals surface area contributed by atoms with Crippen molar-refractivity contribution in [3.63, 3.8) is 0 Å². The Morgan fingerprint density at radius 1 is 1.12 bits per heavy atom. The van der Waals surface area contributed by atoms with Crippen LogP contribution >= 0.6 is 0 Å². The van der Waals surface area contributed by atoms with Gasteiger partial charge in [0, 0.05) is 30.4 Å². The number of hydrogen-bond acceptors (Lipinski definition) is 3. The van der Waals surface area contributed by atoms with Crippen LogP contribution in [-0.4, -0.2) is 30.8 Å². The molecule has 6 nitrogen and oxygen atoms in total. The summed E-state index contributed by atoms with van der Waals surface area (Å²) in [6, 6.07) is 5.48. The molecule has 2 rings (SSSR count). The van der Waals surface area contributed by atoms with Gasteiger partial charge >= 0.3 is 11.8 Å². The highest BCUT2D eigenvalue weighted by Crippen LogP contribution is 2.31. The van der Waals surface area contributed by atoms with Crippen molar-refractivity contribution in [3.05, 3.63) is 23.8 Å². The highest BCUT2D eigenvalue weighted by atomic mass is 16.2. The van der Waals surface area contributed by atoms with Crippen LogP contribution in [0.3, 0.4) is 0 Å². The Labute approximate surface area is 155 Å². The van der Waals surface area contributed by atoms with Crippen LogP contribution in [0.4, 0.5) is 11.4 Å². The second-order valence-corrected chi connectivity index (χ2v) is 7.48. The minimum absolute atomic E-state index is 0.0702. The number of benzene rings is 1. The van der Waals surface area contributed by atoms with Gasteiger partial charge < -0.3 is 15.5 Å². The first-order valence-electron chi connectivity index (χ1n) is 9.33. The molecule has 26 heavy (non-hydrogen) atoms. The SMILES string of the molecule is CC(C)CCNC(=O)C(=O)Nc1ccc2c(c1)N(C(=O)C(C)C)CCC2. The number of carbonyl (C=O) groups excluding carboxylic acids is 3. The van der Waals surface area contributed by atoms with Crippen molar-refractivity contribution in [2.75, 3.05) is 23.3 Å². The van der Waals surface area contributed by atoms with Gasteiger partial charge in [-0.25, -0.2) is 0 Å². The molecule has 0 unspecified atom stereocenters. The van der Waals surface area contributed by atoms with Gasteiger partial charge in [0.1, 0.15) is 0 Å². The molecule has 2 N–H and O–H groups in total. The van der Waals surface area contributed by atoms with Gasteiger partial charge in [0.15, 0.2) is 0 Å². The Morgan fingerprint density at radius 2 is 1.85 bits per heavy atom. The molecule has 0 radical (unpaired) electrons. The van der Waals surface area contributed by atoms with Gasteiger partial charge in [-0.3, -0.25) is 14.4 Å². The molecule has 6 heteroatoms. The fraction of sp³-hybridized carbons (Fsp3) is 0.550. The lowest BCUT2D eigenvalue weighted by atomic mass is 9.99. The summed E-state index contributed by atoms with van der Waals surface area (Å²) in [7, 11) is 0. The molecule has 1 aliphatic heterocycles. The van der Waals surface area contributed by atoms with E-state index in [1.807, 2.05) is 19.9 Å². The molecule has 3 amide bonds. The molecule has 0 fully saturated rings. The van der Waals surface area contributed by atoms with E-state index >= 15 is 0 Å². The lowest BCUT2D eigenvalue weighted by molar-refractivity contribution is -0.136. The first-order valence-corrected chi connectivity index (χ1v) is 9.33. The number of aryl methyl sites for hydroxylation is 1.